The fourth-order valence-electron chi connectivity index (χ4n) is 4.85. The molecule has 33 heavy (non-hydrogen) atoms. The number of halogens is 1. The van der Waals surface area contributed by atoms with Crippen LogP contribution in [0.3, 0.4) is 0 Å². The summed E-state index contributed by atoms with van der Waals surface area (Å²) in [6, 6.07) is 8.00. The third-order valence-electron chi connectivity index (χ3n) is 6.54. The van der Waals surface area contributed by atoms with E-state index in [1.807, 2.05) is 25.2 Å². The molecule has 2 aliphatic rings. The third-order valence-corrected chi connectivity index (χ3v) is 6.54. The zero-order chi connectivity index (χ0) is 22.8. The van der Waals surface area contributed by atoms with E-state index in [4.69, 9.17) is 4.74 Å². The average Bonchev–Trinajstić information content (AvgIpc) is 2.80. The van der Waals surface area contributed by atoms with E-state index >= 15 is 0 Å². The van der Waals surface area contributed by atoms with Gasteiger partial charge in [-0.1, -0.05) is 45.2 Å². The van der Waals surface area contributed by atoms with Gasteiger partial charge in [0.2, 0.25) is 5.91 Å². The number of anilines is 1. The van der Waals surface area contributed by atoms with Crippen molar-refractivity contribution in [3.05, 3.63) is 29.8 Å². The Bertz CT molecular complexity index is 759. The number of ether oxygens (including phenoxy) is 1. The van der Waals surface area contributed by atoms with Crippen molar-refractivity contribution >= 4 is 41.5 Å². The molecule has 0 spiro atoms. The summed E-state index contributed by atoms with van der Waals surface area (Å²) < 4.78 is 5.60. The van der Waals surface area contributed by atoms with E-state index in [0.29, 0.717) is 18.9 Å². The lowest BCUT2D eigenvalue weighted by molar-refractivity contribution is -0.116. The number of rotatable bonds is 8. The van der Waals surface area contributed by atoms with Crippen LogP contribution in [-0.2, 0) is 16.1 Å². The number of amides is 1. The molecule has 1 aromatic carbocycles. The standard InChI is InChI=1S/C25H41N5O2.HI/c1-20(2)16-23(31)29-22-9-7-8-21(17-22)18-27-24(26-3)28-19-25(10-5-4-6-11-25)30-12-14-32-15-13-30;/h7-9,17,20H,4-6,10-16,18-19H2,1-3H3,(H,29,31)(H2,26,27,28);1H. The first-order valence-corrected chi connectivity index (χ1v) is 12.2. The molecule has 1 saturated carbocycles. The molecule has 186 valence electrons. The first kappa shape index (κ1) is 27.9. The molecule has 0 bridgehead atoms. The molecule has 1 heterocycles. The van der Waals surface area contributed by atoms with Gasteiger partial charge in [0.1, 0.15) is 0 Å². The highest BCUT2D eigenvalue weighted by Gasteiger charge is 2.38. The van der Waals surface area contributed by atoms with Crippen LogP contribution in [-0.4, -0.2) is 62.2 Å². The Kier molecular flexibility index (Phi) is 11.9. The normalized spacial score (nSPS) is 19.0. The van der Waals surface area contributed by atoms with Crippen molar-refractivity contribution < 1.29 is 9.53 Å². The van der Waals surface area contributed by atoms with E-state index in [1.54, 1.807) is 0 Å². The van der Waals surface area contributed by atoms with E-state index < -0.39 is 0 Å². The van der Waals surface area contributed by atoms with Crippen LogP contribution in [0.25, 0.3) is 0 Å². The summed E-state index contributed by atoms with van der Waals surface area (Å²) in [4.78, 5) is 19.2. The topological polar surface area (TPSA) is 78.0 Å². The minimum Gasteiger partial charge on any atom is -0.379 e. The number of hydrogen-bond acceptors (Lipinski definition) is 4. The Labute approximate surface area is 216 Å². The second-order valence-corrected chi connectivity index (χ2v) is 9.51. The summed E-state index contributed by atoms with van der Waals surface area (Å²) in [7, 11) is 1.82. The van der Waals surface area contributed by atoms with Gasteiger partial charge in [0.15, 0.2) is 5.96 Å². The maximum Gasteiger partial charge on any atom is 0.224 e. The zero-order valence-corrected chi connectivity index (χ0v) is 22.8. The SMILES string of the molecule is CN=C(NCc1cccc(NC(=O)CC(C)C)c1)NCC1(N2CCOCC2)CCCCC1.I. The molecule has 0 unspecified atom stereocenters. The number of carbonyl (C=O) groups is 1. The van der Waals surface area contributed by atoms with Gasteiger partial charge in [-0.2, -0.15) is 0 Å². The Morgan fingerprint density at radius 2 is 1.88 bits per heavy atom. The molecule has 3 N–H and O–H groups in total. The van der Waals surface area contributed by atoms with Crippen molar-refractivity contribution in [2.24, 2.45) is 10.9 Å². The third kappa shape index (κ3) is 8.72. The van der Waals surface area contributed by atoms with Gasteiger partial charge in [0.05, 0.1) is 13.2 Å². The van der Waals surface area contributed by atoms with Crippen molar-refractivity contribution in [2.75, 3.05) is 45.2 Å². The molecule has 0 atom stereocenters. The first-order chi connectivity index (χ1) is 15.5. The van der Waals surface area contributed by atoms with Crippen LogP contribution in [0, 0.1) is 5.92 Å². The highest BCUT2D eigenvalue weighted by Crippen LogP contribution is 2.33. The van der Waals surface area contributed by atoms with Crippen molar-refractivity contribution in [3.63, 3.8) is 0 Å². The highest BCUT2D eigenvalue weighted by atomic mass is 127. The molecule has 2 fully saturated rings. The van der Waals surface area contributed by atoms with Gasteiger partial charge in [-0.25, -0.2) is 0 Å². The van der Waals surface area contributed by atoms with Crippen molar-refractivity contribution in [1.82, 2.24) is 15.5 Å². The predicted octanol–water partition coefficient (Wildman–Crippen LogP) is 3.99. The van der Waals surface area contributed by atoms with Gasteiger partial charge in [-0.3, -0.25) is 14.7 Å². The molecule has 0 radical (unpaired) electrons. The van der Waals surface area contributed by atoms with Crippen molar-refractivity contribution in [3.8, 4) is 0 Å². The number of morpholine rings is 1. The van der Waals surface area contributed by atoms with Crippen LogP contribution in [0.15, 0.2) is 29.3 Å². The lowest BCUT2D eigenvalue weighted by Crippen LogP contribution is -2.60. The Balaban J connectivity index is 0.00000385. The molecule has 8 heteroatoms. The van der Waals surface area contributed by atoms with Gasteiger partial charge < -0.3 is 20.7 Å². The molecule has 7 nitrogen and oxygen atoms in total. The first-order valence-electron chi connectivity index (χ1n) is 12.2. The summed E-state index contributed by atoms with van der Waals surface area (Å²) in [5, 5.41) is 10.0. The largest absolute Gasteiger partial charge is 0.379 e. The number of hydrogen-bond donors (Lipinski definition) is 3. The molecule has 1 amide bonds. The Morgan fingerprint density at radius 3 is 2.55 bits per heavy atom. The van der Waals surface area contributed by atoms with Crippen LogP contribution in [0.2, 0.25) is 0 Å². The zero-order valence-electron chi connectivity index (χ0n) is 20.5. The Hall–Kier alpha value is -1.39. The number of aliphatic imine (C=N–C) groups is 1. The van der Waals surface area contributed by atoms with Crippen LogP contribution in [0.5, 0.6) is 0 Å². The quantitative estimate of drug-likeness (QED) is 0.250. The molecule has 1 aliphatic carbocycles. The van der Waals surface area contributed by atoms with Gasteiger partial charge in [0, 0.05) is 50.9 Å². The second-order valence-electron chi connectivity index (χ2n) is 9.51. The number of nitrogens with one attached hydrogen (secondary N) is 3. The van der Waals surface area contributed by atoms with Crippen LogP contribution in [0.4, 0.5) is 5.69 Å². The number of carbonyl (C=O) groups excluding carboxylic acids is 1. The van der Waals surface area contributed by atoms with E-state index in [1.165, 1.54) is 32.1 Å². The van der Waals surface area contributed by atoms with Crippen LogP contribution >= 0.6 is 24.0 Å². The maximum absolute atomic E-state index is 12.1. The summed E-state index contributed by atoms with van der Waals surface area (Å²) in [5.41, 5.74) is 2.14. The van der Waals surface area contributed by atoms with Gasteiger partial charge in [-0.05, 0) is 36.5 Å². The highest BCUT2D eigenvalue weighted by molar-refractivity contribution is 14.0. The molecule has 1 aliphatic heterocycles. The minimum atomic E-state index is 0. The predicted molar refractivity (Wildman–Crippen MR) is 146 cm³/mol. The van der Waals surface area contributed by atoms with E-state index in [0.717, 1.165) is 50.1 Å². The molecule has 0 aromatic heterocycles. The van der Waals surface area contributed by atoms with Crippen LogP contribution < -0.4 is 16.0 Å². The maximum atomic E-state index is 12.1. The molecule has 1 aromatic rings. The number of benzene rings is 1. The summed E-state index contributed by atoms with van der Waals surface area (Å²) in [6.45, 7) is 9.35. The molecular weight excluding hydrogens is 529 g/mol. The molecule has 3 rings (SSSR count). The smallest absolute Gasteiger partial charge is 0.224 e. The minimum absolute atomic E-state index is 0. The van der Waals surface area contributed by atoms with Gasteiger partial charge in [-0.15, -0.1) is 24.0 Å². The van der Waals surface area contributed by atoms with E-state index in [-0.39, 0.29) is 35.4 Å². The fourth-order valence-corrected chi connectivity index (χ4v) is 4.85. The van der Waals surface area contributed by atoms with Gasteiger partial charge in [0.25, 0.3) is 0 Å². The average molecular weight is 572 g/mol. The summed E-state index contributed by atoms with van der Waals surface area (Å²) in [5.74, 6) is 1.22. The van der Waals surface area contributed by atoms with E-state index in [9.17, 15) is 4.79 Å². The molecule has 1 saturated heterocycles. The molecular formula is C25H42IN5O2. The fraction of sp³-hybridized carbons (Fsp3) is 0.680. The lowest BCUT2D eigenvalue weighted by Gasteiger charge is -2.48. The summed E-state index contributed by atoms with van der Waals surface area (Å²) >= 11 is 0. The number of nitrogens with zero attached hydrogens (tertiary/aromatic N) is 2. The van der Waals surface area contributed by atoms with Gasteiger partial charge >= 0.3 is 0 Å². The van der Waals surface area contributed by atoms with Crippen molar-refractivity contribution in [2.45, 2.75) is 64.5 Å². The second kappa shape index (κ2) is 14.1. The number of guanidine groups is 1. The monoisotopic (exact) mass is 571 g/mol. The lowest BCUT2D eigenvalue weighted by atomic mass is 9.80. The Morgan fingerprint density at radius 1 is 1.15 bits per heavy atom. The van der Waals surface area contributed by atoms with Crippen molar-refractivity contribution in [1.29, 1.82) is 0 Å². The van der Waals surface area contributed by atoms with Crippen LogP contribution in [0.1, 0.15) is 57.9 Å². The van der Waals surface area contributed by atoms with E-state index in [2.05, 4.69) is 45.8 Å². The summed E-state index contributed by atoms with van der Waals surface area (Å²) in [6.07, 6.45) is 6.91.